The molecule has 3 rings (SSSR count). The van der Waals surface area contributed by atoms with Gasteiger partial charge in [0.1, 0.15) is 24.8 Å². The molecule has 7 heteroatoms. The lowest BCUT2D eigenvalue weighted by Crippen LogP contribution is -2.36. The van der Waals surface area contributed by atoms with Crippen LogP contribution < -0.4 is 5.73 Å². The van der Waals surface area contributed by atoms with E-state index < -0.39 is 5.72 Å². The Hall–Kier alpha value is -2.15. The highest BCUT2D eigenvalue weighted by molar-refractivity contribution is 5.81. The Labute approximate surface area is 103 Å². The van der Waals surface area contributed by atoms with Crippen molar-refractivity contribution in [3.8, 4) is 0 Å². The van der Waals surface area contributed by atoms with Crippen molar-refractivity contribution in [1.29, 1.82) is 0 Å². The van der Waals surface area contributed by atoms with Gasteiger partial charge in [-0.1, -0.05) is 6.58 Å². The second-order valence-electron chi connectivity index (χ2n) is 4.29. The van der Waals surface area contributed by atoms with Crippen molar-refractivity contribution in [2.75, 3.05) is 12.3 Å². The summed E-state index contributed by atoms with van der Waals surface area (Å²) in [5.41, 5.74) is 5.90. The molecule has 0 amide bonds. The van der Waals surface area contributed by atoms with Gasteiger partial charge in [-0.05, 0) is 0 Å². The quantitative estimate of drug-likeness (QED) is 0.795. The van der Waals surface area contributed by atoms with Crippen molar-refractivity contribution in [1.82, 2.24) is 19.5 Å². The molecule has 3 N–H and O–H groups in total. The Morgan fingerprint density at radius 3 is 3.00 bits per heavy atom. The second-order valence-corrected chi connectivity index (χ2v) is 4.29. The molecule has 0 bridgehead atoms. The average molecular weight is 247 g/mol. The van der Waals surface area contributed by atoms with E-state index in [-0.39, 0.29) is 6.61 Å². The first-order valence-corrected chi connectivity index (χ1v) is 5.58. The molecule has 1 aliphatic rings. The molecule has 1 saturated heterocycles. The molecular weight excluding hydrogens is 234 g/mol. The number of hydrogen-bond acceptors (Lipinski definition) is 6. The Bertz CT molecular complexity index is 623. The van der Waals surface area contributed by atoms with Gasteiger partial charge in [0.15, 0.2) is 11.5 Å². The van der Waals surface area contributed by atoms with Crippen LogP contribution in [0.5, 0.6) is 0 Å². The van der Waals surface area contributed by atoms with E-state index in [1.807, 2.05) is 0 Å². The maximum atomic E-state index is 9.65. The normalized spacial score (nSPS) is 23.5. The van der Waals surface area contributed by atoms with Crippen molar-refractivity contribution in [3.63, 3.8) is 0 Å². The third-order valence-corrected chi connectivity index (χ3v) is 3.18. The van der Waals surface area contributed by atoms with E-state index in [9.17, 15) is 5.11 Å². The van der Waals surface area contributed by atoms with Crippen LogP contribution in [-0.4, -0.2) is 31.2 Å². The van der Waals surface area contributed by atoms with Crippen LogP contribution in [0.3, 0.4) is 0 Å². The van der Waals surface area contributed by atoms with Gasteiger partial charge in [0.25, 0.3) is 0 Å². The number of imidazole rings is 1. The molecule has 0 aromatic carbocycles. The highest BCUT2D eigenvalue weighted by atomic mass is 16.5. The van der Waals surface area contributed by atoms with Crippen molar-refractivity contribution in [2.24, 2.45) is 0 Å². The maximum absolute atomic E-state index is 9.65. The van der Waals surface area contributed by atoms with Crippen molar-refractivity contribution in [3.05, 3.63) is 25.0 Å². The number of hydrogen-bond donors (Lipinski definition) is 2. The molecular formula is C11H13N5O2. The molecule has 0 unspecified atom stereocenters. The number of anilines is 1. The van der Waals surface area contributed by atoms with Gasteiger partial charge in [0, 0.05) is 12.8 Å². The van der Waals surface area contributed by atoms with Crippen LogP contribution in [0.15, 0.2) is 25.0 Å². The van der Waals surface area contributed by atoms with E-state index in [2.05, 4.69) is 21.5 Å². The molecule has 0 saturated carbocycles. The number of rotatable bonds is 2. The van der Waals surface area contributed by atoms with E-state index in [0.717, 1.165) is 0 Å². The van der Waals surface area contributed by atoms with Crippen LogP contribution in [0, 0.1) is 0 Å². The van der Waals surface area contributed by atoms with Gasteiger partial charge in [0.2, 0.25) is 5.72 Å². The molecule has 0 radical (unpaired) electrons. The van der Waals surface area contributed by atoms with E-state index in [0.29, 0.717) is 35.6 Å². The zero-order chi connectivity index (χ0) is 12.8. The number of aromatic nitrogens is 4. The molecule has 2 aromatic rings. The summed E-state index contributed by atoms with van der Waals surface area (Å²) in [6.07, 6.45) is 4.24. The minimum absolute atomic E-state index is 0.179. The van der Waals surface area contributed by atoms with Crippen LogP contribution in [0.2, 0.25) is 0 Å². The fourth-order valence-electron chi connectivity index (χ4n) is 2.21. The van der Waals surface area contributed by atoms with E-state index in [1.54, 1.807) is 10.9 Å². The fourth-order valence-corrected chi connectivity index (χ4v) is 2.21. The molecule has 1 atom stereocenters. The lowest BCUT2D eigenvalue weighted by atomic mass is 10.1. The van der Waals surface area contributed by atoms with Gasteiger partial charge in [0.05, 0.1) is 5.76 Å². The van der Waals surface area contributed by atoms with Crippen LogP contribution in [-0.2, 0) is 10.5 Å². The number of aliphatic hydroxyl groups excluding tert-OH is 1. The number of nitrogens with two attached hydrogens (primary N) is 1. The summed E-state index contributed by atoms with van der Waals surface area (Å²) in [5.74, 6) is 0.955. The maximum Gasteiger partial charge on any atom is 0.212 e. The predicted molar refractivity (Wildman–Crippen MR) is 64.3 cm³/mol. The number of allylic oxidation sites excluding steroid dienone is 1. The number of ether oxygens (including phenoxy) is 1. The molecule has 7 nitrogen and oxygen atoms in total. The summed E-state index contributed by atoms with van der Waals surface area (Å²) in [6.45, 7) is 3.60. The van der Waals surface area contributed by atoms with Crippen LogP contribution >= 0.6 is 0 Å². The first-order chi connectivity index (χ1) is 8.66. The largest absolute Gasteiger partial charge is 0.470 e. The summed E-state index contributed by atoms with van der Waals surface area (Å²) in [5, 5.41) is 9.65. The van der Waals surface area contributed by atoms with Gasteiger partial charge in [-0.15, -0.1) is 0 Å². The van der Waals surface area contributed by atoms with E-state index in [1.165, 1.54) is 6.33 Å². The molecule has 1 fully saturated rings. The number of aliphatic hydroxyl groups is 1. The third-order valence-electron chi connectivity index (χ3n) is 3.18. The molecule has 0 aliphatic carbocycles. The molecule has 18 heavy (non-hydrogen) atoms. The number of nitrogen functional groups attached to an aromatic ring is 1. The van der Waals surface area contributed by atoms with Gasteiger partial charge in [-0.2, -0.15) is 0 Å². The summed E-state index contributed by atoms with van der Waals surface area (Å²) in [7, 11) is 0. The first-order valence-electron chi connectivity index (χ1n) is 5.58. The average Bonchev–Trinajstić information content (AvgIpc) is 2.94. The number of nitrogens with zero attached hydrogens (tertiary/aromatic N) is 4. The Morgan fingerprint density at radius 1 is 1.50 bits per heavy atom. The SMILES string of the molecule is C=C1CC[C@@](CO)(n2cnc3c(N)ncnc32)O1. The lowest BCUT2D eigenvalue weighted by Gasteiger charge is -2.27. The fraction of sp³-hybridized carbons (Fsp3) is 0.364. The Balaban J connectivity index is 2.19. The highest BCUT2D eigenvalue weighted by Gasteiger charge is 2.40. The molecule has 2 aromatic heterocycles. The summed E-state index contributed by atoms with van der Waals surface area (Å²) >= 11 is 0. The topological polar surface area (TPSA) is 99.1 Å². The second kappa shape index (κ2) is 3.67. The van der Waals surface area contributed by atoms with Gasteiger partial charge >= 0.3 is 0 Å². The van der Waals surface area contributed by atoms with Crippen LogP contribution in [0.1, 0.15) is 12.8 Å². The van der Waals surface area contributed by atoms with Gasteiger partial charge in [-0.25, -0.2) is 15.0 Å². The smallest absolute Gasteiger partial charge is 0.212 e. The standard InChI is InChI=1S/C11H13N5O2/c1-7-2-3-11(4-17,18-7)16-6-15-8-9(12)13-5-14-10(8)16/h5-6,17H,1-4H2,(H2,12,13,14)/t11-/m1/s1. The first kappa shape index (κ1) is 11.0. The van der Waals surface area contributed by atoms with Gasteiger partial charge < -0.3 is 15.6 Å². The Kier molecular flexibility index (Phi) is 2.24. The van der Waals surface area contributed by atoms with Gasteiger partial charge in [-0.3, -0.25) is 4.57 Å². The summed E-state index contributed by atoms with van der Waals surface area (Å²) in [6, 6.07) is 0. The van der Waals surface area contributed by atoms with E-state index in [4.69, 9.17) is 10.5 Å². The monoisotopic (exact) mass is 247 g/mol. The summed E-state index contributed by atoms with van der Waals surface area (Å²) in [4.78, 5) is 12.2. The molecule has 1 aliphatic heterocycles. The zero-order valence-corrected chi connectivity index (χ0v) is 9.70. The minimum atomic E-state index is -0.882. The highest BCUT2D eigenvalue weighted by Crippen LogP contribution is 2.37. The minimum Gasteiger partial charge on any atom is -0.470 e. The lowest BCUT2D eigenvalue weighted by molar-refractivity contribution is -0.0732. The Morgan fingerprint density at radius 2 is 2.33 bits per heavy atom. The van der Waals surface area contributed by atoms with Crippen LogP contribution in [0.25, 0.3) is 11.2 Å². The van der Waals surface area contributed by atoms with Crippen LogP contribution in [0.4, 0.5) is 5.82 Å². The van der Waals surface area contributed by atoms with Crippen molar-refractivity contribution >= 4 is 17.0 Å². The number of fused-ring (bicyclic) bond motifs is 1. The molecule has 94 valence electrons. The summed E-state index contributed by atoms with van der Waals surface area (Å²) < 4.78 is 7.36. The third kappa shape index (κ3) is 1.37. The zero-order valence-electron chi connectivity index (χ0n) is 9.70. The van der Waals surface area contributed by atoms with Crippen molar-refractivity contribution < 1.29 is 9.84 Å². The van der Waals surface area contributed by atoms with E-state index >= 15 is 0 Å². The molecule has 3 heterocycles. The molecule has 0 spiro atoms. The van der Waals surface area contributed by atoms with Crippen molar-refractivity contribution in [2.45, 2.75) is 18.6 Å². The predicted octanol–water partition coefficient (Wildman–Crippen LogP) is 0.378.